The van der Waals surface area contributed by atoms with Crippen molar-refractivity contribution < 1.29 is 4.74 Å². The molecule has 7 heteroatoms. The number of rotatable bonds is 7. The number of hydrogen-bond acceptors (Lipinski definition) is 4. The molecule has 3 rings (SSSR count). The van der Waals surface area contributed by atoms with Crippen molar-refractivity contribution in [2.24, 2.45) is 4.99 Å². The molecule has 0 fully saturated rings. The number of aromatic nitrogens is 3. The van der Waals surface area contributed by atoms with Crippen LogP contribution in [0.15, 0.2) is 66.0 Å². The largest absolute Gasteiger partial charge is 0.489 e. The van der Waals surface area contributed by atoms with Crippen LogP contribution in [0.1, 0.15) is 18.1 Å². The van der Waals surface area contributed by atoms with Gasteiger partial charge in [0.05, 0.1) is 6.54 Å². The molecule has 2 N–H and O–H groups in total. The molecule has 0 saturated carbocycles. The van der Waals surface area contributed by atoms with E-state index in [1.807, 2.05) is 62.5 Å². The summed E-state index contributed by atoms with van der Waals surface area (Å²) in [7, 11) is 1.75. The molecule has 0 aliphatic carbocycles. The molecule has 1 aromatic carbocycles. The highest BCUT2D eigenvalue weighted by Crippen LogP contribution is 2.17. The van der Waals surface area contributed by atoms with Crippen molar-refractivity contribution in [3.8, 4) is 11.6 Å². The third kappa shape index (κ3) is 5.33. The first kappa shape index (κ1) is 19.4. The molecular weight excluding hydrogens is 352 g/mol. The molecule has 0 amide bonds. The zero-order valence-electron chi connectivity index (χ0n) is 16.5. The average molecular weight is 378 g/mol. The number of aryl methyl sites for hydroxylation is 1. The highest BCUT2D eigenvalue weighted by atomic mass is 16.5. The highest BCUT2D eigenvalue weighted by molar-refractivity contribution is 5.79. The number of benzene rings is 1. The van der Waals surface area contributed by atoms with E-state index in [0.29, 0.717) is 13.1 Å². The van der Waals surface area contributed by atoms with Crippen molar-refractivity contribution in [1.29, 1.82) is 0 Å². The van der Waals surface area contributed by atoms with Gasteiger partial charge >= 0.3 is 0 Å². The maximum atomic E-state index is 6.00. The molecule has 146 valence electrons. The Hall–Kier alpha value is -3.35. The lowest BCUT2D eigenvalue weighted by Crippen LogP contribution is -2.41. The maximum absolute atomic E-state index is 6.00. The van der Waals surface area contributed by atoms with Crippen molar-refractivity contribution in [2.45, 2.75) is 26.5 Å². The first-order valence-corrected chi connectivity index (χ1v) is 9.27. The SMILES string of the molecule is CN=C(NCc1ccnc(-n2cccn2)c1)NCC(C)Oc1ccccc1C. The zero-order valence-corrected chi connectivity index (χ0v) is 16.5. The number of hydrogen-bond donors (Lipinski definition) is 2. The lowest BCUT2D eigenvalue weighted by atomic mass is 10.2. The van der Waals surface area contributed by atoms with E-state index in [-0.39, 0.29) is 6.10 Å². The fraction of sp³-hybridized carbons (Fsp3) is 0.286. The number of para-hydroxylation sites is 1. The fourth-order valence-electron chi connectivity index (χ4n) is 2.69. The second-order valence-corrected chi connectivity index (χ2v) is 6.47. The van der Waals surface area contributed by atoms with Gasteiger partial charge in [0.25, 0.3) is 0 Å². The first-order valence-electron chi connectivity index (χ1n) is 9.27. The van der Waals surface area contributed by atoms with E-state index in [4.69, 9.17) is 4.74 Å². The van der Waals surface area contributed by atoms with Crippen molar-refractivity contribution in [1.82, 2.24) is 25.4 Å². The molecule has 1 unspecified atom stereocenters. The summed E-state index contributed by atoms with van der Waals surface area (Å²) in [5.41, 5.74) is 2.22. The van der Waals surface area contributed by atoms with E-state index < -0.39 is 0 Å². The number of pyridine rings is 1. The van der Waals surface area contributed by atoms with Crippen LogP contribution in [0.25, 0.3) is 5.82 Å². The summed E-state index contributed by atoms with van der Waals surface area (Å²) in [6.07, 6.45) is 5.39. The third-order valence-corrected chi connectivity index (χ3v) is 4.21. The van der Waals surface area contributed by atoms with Crippen LogP contribution in [0, 0.1) is 6.92 Å². The lowest BCUT2D eigenvalue weighted by molar-refractivity contribution is 0.222. The Morgan fingerprint density at radius 2 is 2.04 bits per heavy atom. The van der Waals surface area contributed by atoms with Gasteiger partial charge in [-0.25, -0.2) is 9.67 Å². The minimum absolute atomic E-state index is 0.00648. The first-order chi connectivity index (χ1) is 13.7. The Morgan fingerprint density at radius 1 is 1.18 bits per heavy atom. The number of ether oxygens (including phenoxy) is 1. The van der Waals surface area contributed by atoms with E-state index in [9.17, 15) is 0 Å². The Morgan fingerprint density at radius 3 is 2.79 bits per heavy atom. The van der Waals surface area contributed by atoms with Crippen molar-refractivity contribution >= 4 is 5.96 Å². The average Bonchev–Trinajstić information content (AvgIpc) is 3.25. The predicted octanol–water partition coefficient (Wildman–Crippen LogP) is 2.71. The molecule has 1 atom stereocenters. The van der Waals surface area contributed by atoms with Crippen LogP contribution in [0.4, 0.5) is 0 Å². The van der Waals surface area contributed by atoms with Crippen molar-refractivity contribution in [2.75, 3.05) is 13.6 Å². The summed E-state index contributed by atoms with van der Waals surface area (Å²) in [5.74, 6) is 2.41. The minimum Gasteiger partial charge on any atom is -0.489 e. The van der Waals surface area contributed by atoms with Crippen molar-refractivity contribution in [3.05, 3.63) is 72.2 Å². The Bertz CT molecular complexity index is 907. The third-order valence-electron chi connectivity index (χ3n) is 4.21. The van der Waals surface area contributed by atoms with Gasteiger partial charge in [0.15, 0.2) is 11.8 Å². The molecular formula is C21H26N6O. The van der Waals surface area contributed by atoms with Crippen molar-refractivity contribution in [3.63, 3.8) is 0 Å². The summed E-state index contributed by atoms with van der Waals surface area (Å²) in [6.45, 7) is 5.35. The van der Waals surface area contributed by atoms with Gasteiger partial charge in [0.2, 0.25) is 0 Å². The van der Waals surface area contributed by atoms with Crippen LogP contribution in [0.5, 0.6) is 5.75 Å². The van der Waals surface area contributed by atoms with Gasteiger partial charge in [0, 0.05) is 32.2 Å². The monoisotopic (exact) mass is 378 g/mol. The Balaban J connectivity index is 1.50. The number of nitrogens with one attached hydrogen (secondary N) is 2. The molecule has 0 radical (unpaired) electrons. The fourth-order valence-corrected chi connectivity index (χ4v) is 2.69. The van der Waals surface area contributed by atoms with E-state index >= 15 is 0 Å². The zero-order chi connectivity index (χ0) is 19.8. The summed E-state index contributed by atoms with van der Waals surface area (Å²) in [5, 5.41) is 10.8. The van der Waals surface area contributed by atoms with Gasteiger partial charge in [-0.1, -0.05) is 18.2 Å². The van der Waals surface area contributed by atoms with E-state index in [2.05, 4.69) is 25.7 Å². The number of nitrogens with zero attached hydrogens (tertiary/aromatic N) is 4. The second kappa shape index (κ2) is 9.55. The minimum atomic E-state index is 0.00648. The van der Waals surface area contributed by atoms with Gasteiger partial charge in [-0.05, 0) is 49.2 Å². The van der Waals surface area contributed by atoms with E-state index in [0.717, 1.165) is 28.7 Å². The Labute approximate surface area is 165 Å². The normalized spacial score (nSPS) is 12.5. The van der Waals surface area contributed by atoms with Gasteiger partial charge in [0.1, 0.15) is 11.9 Å². The van der Waals surface area contributed by atoms with Crippen LogP contribution in [0.2, 0.25) is 0 Å². The maximum Gasteiger partial charge on any atom is 0.191 e. The molecule has 7 nitrogen and oxygen atoms in total. The predicted molar refractivity (Wildman–Crippen MR) is 111 cm³/mol. The topological polar surface area (TPSA) is 76.4 Å². The lowest BCUT2D eigenvalue weighted by Gasteiger charge is -2.19. The second-order valence-electron chi connectivity index (χ2n) is 6.47. The molecule has 2 aromatic heterocycles. The van der Waals surface area contributed by atoms with E-state index in [1.165, 1.54) is 0 Å². The highest BCUT2D eigenvalue weighted by Gasteiger charge is 2.08. The molecule has 0 bridgehead atoms. The smallest absolute Gasteiger partial charge is 0.191 e. The summed E-state index contributed by atoms with van der Waals surface area (Å²) in [6, 6.07) is 13.9. The van der Waals surface area contributed by atoms with E-state index in [1.54, 1.807) is 24.1 Å². The van der Waals surface area contributed by atoms with Gasteiger partial charge < -0.3 is 15.4 Å². The molecule has 0 aliphatic heterocycles. The van der Waals surface area contributed by atoms with Crippen LogP contribution in [-0.2, 0) is 6.54 Å². The summed E-state index contributed by atoms with van der Waals surface area (Å²) in [4.78, 5) is 8.62. The van der Waals surface area contributed by atoms with Crippen LogP contribution in [0.3, 0.4) is 0 Å². The molecule has 2 heterocycles. The van der Waals surface area contributed by atoms with Crippen LogP contribution < -0.4 is 15.4 Å². The number of guanidine groups is 1. The Kier molecular flexibility index (Phi) is 6.62. The molecule has 0 saturated heterocycles. The molecule has 0 aliphatic rings. The van der Waals surface area contributed by atoms with Crippen LogP contribution >= 0.6 is 0 Å². The van der Waals surface area contributed by atoms with Gasteiger partial charge in [-0.2, -0.15) is 5.10 Å². The standard InChI is InChI=1S/C21H26N6O/c1-16-7-4-5-8-19(16)28-17(2)14-24-21(22-3)25-15-18-9-11-23-20(13-18)27-12-6-10-26-27/h4-13,17H,14-15H2,1-3H3,(H2,22,24,25). The quantitative estimate of drug-likeness (QED) is 0.488. The molecule has 0 spiro atoms. The van der Waals surface area contributed by atoms with Gasteiger partial charge in [-0.3, -0.25) is 4.99 Å². The molecule has 28 heavy (non-hydrogen) atoms. The number of aliphatic imine (C=N–C) groups is 1. The van der Waals surface area contributed by atoms with Crippen LogP contribution in [-0.4, -0.2) is 40.4 Å². The summed E-state index contributed by atoms with van der Waals surface area (Å²) < 4.78 is 7.73. The van der Waals surface area contributed by atoms with Gasteiger partial charge in [-0.15, -0.1) is 0 Å². The molecule has 3 aromatic rings. The summed E-state index contributed by atoms with van der Waals surface area (Å²) >= 11 is 0.